The molecule has 4 N–H and O–H groups in total. The molecule has 0 unspecified atom stereocenters. The van der Waals surface area contributed by atoms with Crippen molar-refractivity contribution in [3.63, 3.8) is 0 Å². The summed E-state index contributed by atoms with van der Waals surface area (Å²) in [5.41, 5.74) is 6.78. The number of hydrogen-bond donors (Lipinski definition) is 3. The Balaban J connectivity index is 2.82. The molecule has 1 aromatic rings. The fourth-order valence-electron chi connectivity index (χ4n) is 1.55. The number of carbonyl (C=O) groups is 3. The highest BCUT2D eigenvalue weighted by Crippen LogP contribution is 2.12. The van der Waals surface area contributed by atoms with Crippen LogP contribution in [-0.4, -0.2) is 29.4 Å². The number of rotatable bonds is 6. The number of hydrogen-bond acceptors (Lipinski definition) is 3. The normalized spacial score (nSPS) is 10.4. The van der Waals surface area contributed by atoms with Crippen LogP contribution in [0.2, 0.25) is 0 Å². The molecule has 0 heterocycles. The first-order valence-corrected chi connectivity index (χ1v) is 5.98. The van der Waals surface area contributed by atoms with Gasteiger partial charge in [0.2, 0.25) is 5.91 Å². The molecule has 20 heavy (non-hydrogen) atoms. The van der Waals surface area contributed by atoms with Crippen LogP contribution in [0.25, 0.3) is 6.08 Å². The largest absolute Gasteiger partial charge is 0.478 e. The van der Waals surface area contributed by atoms with Crippen LogP contribution in [0.4, 0.5) is 0 Å². The van der Waals surface area contributed by atoms with Gasteiger partial charge in [0.15, 0.2) is 0 Å². The molecule has 0 aromatic heterocycles. The summed E-state index contributed by atoms with van der Waals surface area (Å²) in [6.45, 7) is 1.94. The van der Waals surface area contributed by atoms with Crippen LogP contribution in [0.1, 0.15) is 27.9 Å². The monoisotopic (exact) mass is 276 g/mol. The fraction of sp³-hybridized carbons (Fsp3) is 0.214. The van der Waals surface area contributed by atoms with Crippen LogP contribution < -0.4 is 11.1 Å². The van der Waals surface area contributed by atoms with E-state index < -0.39 is 11.9 Å². The second-order valence-electron chi connectivity index (χ2n) is 4.22. The maximum absolute atomic E-state index is 11.9. The van der Waals surface area contributed by atoms with Gasteiger partial charge in [0.25, 0.3) is 5.91 Å². The zero-order valence-electron chi connectivity index (χ0n) is 11.1. The van der Waals surface area contributed by atoms with E-state index in [9.17, 15) is 14.4 Å². The van der Waals surface area contributed by atoms with Gasteiger partial charge in [-0.2, -0.15) is 0 Å². The molecule has 0 spiro atoms. The van der Waals surface area contributed by atoms with Crippen LogP contribution in [0.15, 0.2) is 24.3 Å². The molecule has 0 radical (unpaired) electrons. The lowest BCUT2D eigenvalue weighted by molar-refractivity contribution is -0.131. The number of benzene rings is 1. The third-order valence-corrected chi connectivity index (χ3v) is 2.58. The number of carboxylic acid groups (broad SMARTS) is 1. The second kappa shape index (κ2) is 7.08. The minimum Gasteiger partial charge on any atom is -0.478 e. The maximum Gasteiger partial charge on any atom is 0.328 e. The molecular weight excluding hydrogens is 260 g/mol. The van der Waals surface area contributed by atoms with Gasteiger partial charge in [0.05, 0.1) is 0 Å². The highest BCUT2D eigenvalue weighted by Gasteiger charge is 2.09. The predicted octanol–water partition coefficient (Wildman–Crippen LogP) is 0.698. The molecule has 0 bridgehead atoms. The van der Waals surface area contributed by atoms with Crippen molar-refractivity contribution in [1.29, 1.82) is 0 Å². The van der Waals surface area contributed by atoms with Crippen molar-refractivity contribution in [2.75, 3.05) is 6.54 Å². The van der Waals surface area contributed by atoms with Crippen LogP contribution in [0.3, 0.4) is 0 Å². The average Bonchev–Trinajstić information content (AvgIpc) is 2.37. The molecule has 1 rings (SSSR count). The molecule has 6 heteroatoms. The van der Waals surface area contributed by atoms with Gasteiger partial charge in [0.1, 0.15) is 0 Å². The Kier molecular flexibility index (Phi) is 5.46. The van der Waals surface area contributed by atoms with Crippen LogP contribution in [0.5, 0.6) is 0 Å². The number of carbonyl (C=O) groups excluding carboxylic acids is 2. The minimum absolute atomic E-state index is 0.0728. The summed E-state index contributed by atoms with van der Waals surface area (Å²) >= 11 is 0. The van der Waals surface area contributed by atoms with Crippen molar-refractivity contribution >= 4 is 23.9 Å². The third-order valence-electron chi connectivity index (χ3n) is 2.58. The molecule has 0 saturated carbocycles. The van der Waals surface area contributed by atoms with E-state index in [4.69, 9.17) is 10.8 Å². The van der Waals surface area contributed by atoms with E-state index in [1.807, 2.05) is 0 Å². The van der Waals surface area contributed by atoms with Crippen molar-refractivity contribution in [3.05, 3.63) is 41.0 Å². The molecule has 0 fully saturated rings. The number of nitrogens with two attached hydrogens (primary N) is 1. The summed E-state index contributed by atoms with van der Waals surface area (Å²) in [4.78, 5) is 33.0. The van der Waals surface area contributed by atoms with Crippen molar-refractivity contribution in [2.24, 2.45) is 5.73 Å². The van der Waals surface area contributed by atoms with Crippen LogP contribution in [-0.2, 0) is 9.59 Å². The summed E-state index contributed by atoms with van der Waals surface area (Å²) in [5.74, 6) is -1.87. The SMILES string of the molecule is Cc1ccc(C=CC(=O)O)cc1C(=O)NCCC(N)=O. The summed E-state index contributed by atoms with van der Waals surface area (Å²) in [6.07, 6.45) is 2.48. The number of amides is 2. The average molecular weight is 276 g/mol. The van der Waals surface area contributed by atoms with E-state index in [-0.39, 0.29) is 18.9 Å². The second-order valence-corrected chi connectivity index (χ2v) is 4.22. The lowest BCUT2D eigenvalue weighted by atomic mass is 10.0. The number of aliphatic carboxylic acids is 1. The van der Waals surface area contributed by atoms with Crippen LogP contribution >= 0.6 is 0 Å². The first-order chi connectivity index (χ1) is 9.40. The highest BCUT2D eigenvalue weighted by atomic mass is 16.4. The molecule has 0 aliphatic heterocycles. The number of nitrogens with one attached hydrogen (secondary N) is 1. The Labute approximate surface area is 116 Å². The summed E-state index contributed by atoms with van der Waals surface area (Å²) in [6, 6.07) is 5.04. The lowest BCUT2D eigenvalue weighted by Gasteiger charge is -2.08. The van der Waals surface area contributed by atoms with Gasteiger partial charge in [-0.05, 0) is 30.2 Å². The van der Waals surface area contributed by atoms with Gasteiger partial charge < -0.3 is 16.2 Å². The molecule has 2 amide bonds. The topological polar surface area (TPSA) is 109 Å². The number of aryl methyl sites for hydroxylation is 1. The summed E-state index contributed by atoms with van der Waals surface area (Å²) in [7, 11) is 0. The quantitative estimate of drug-likeness (QED) is 0.664. The molecule has 1 aromatic carbocycles. The van der Waals surface area contributed by atoms with Crippen molar-refractivity contribution in [3.8, 4) is 0 Å². The van der Waals surface area contributed by atoms with E-state index in [0.29, 0.717) is 11.1 Å². The van der Waals surface area contributed by atoms with E-state index in [2.05, 4.69) is 5.32 Å². The predicted molar refractivity (Wildman–Crippen MR) is 74.0 cm³/mol. The molecule has 0 saturated heterocycles. The van der Waals surface area contributed by atoms with Gasteiger partial charge in [0, 0.05) is 24.6 Å². The Morgan fingerprint density at radius 2 is 2.05 bits per heavy atom. The summed E-state index contributed by atoms with van der Waals surface area (Å²) in [5, 5.41) is 11.1. The molecule has 0 aliphatic carbocycles. The number of primary amides is 1. The third kappa shape index (κ3) is 4.93. The van der Waals surface area contributed by atoms with Crippen molar-refractivity contribution in [1.82, 2.24) is 5.32 Å². The lowest BCUT2D eigenvalue weighted by Crippen LogP contribution is -2.28. The Morgan fingerprint density at radius 3 is 2.65 bits per heavy atom. The van der Waals surface area contributed by atoms with Gasteiger partial charge in [-0.1, -0.05) is 12.1 Å². The van der Waals surface area contributed by atoms with Gasteiger partial charge in [-0.25, -0.2) is 4.79 Å². The fourth-order valence-corrected chi connectivity index (χ4v) is 1.55. The van der Waals surface area contributed by atoms with E-state index >= 15 is 0 Å². The molecule has 6 nitrogen and oxygen atoms in total. The molecule has 0 atom stereocenters. The summed E-state index contributed by atoms with van der Waals surface area (Å²) < 4.78 is 0. The Morgan fingerprint density at radius 1 is 1.35 bits per heavy atom. The first-order valence-electron chi connectivity index (χ1n) is 5.98. The first kappa shape index (κ1) is 15.4. The maximum atomic E-state index is 11.9. The van der Waals surface area contributed by atoms with Gasteiger partial charge >= 0.3 is 5.97 Å². The highest BCUT2D eigenvalue weighted by molar-refractivity contribution is 5.96. The Bertz CT molecular complexity index is 564. The number of carboxylic acids is 1. The Hall–Kier alpha value is -2.63. The van der Waals surface area contributed by atoms with E-state index in [0.717, 1.165) is 11.6 Å². The molecular formula is C14H16N2O4. The van der Waals surface area contributed by atoms with Crippen molar-refractivity contribution in [2.45, 2.75) is 13.3 Å². The zero-order chi connectivity index (χ0) is 15.1. The van der Waals surface area contributed by atoms with Gasteiger partial charge in [-0.3, -0.25) is 9.59 Å². The van der Waals surface area contributed by atoms with E-state index in [1.165, 1.54) is 6.08 Å². The minimum atomic E-state index is -1.06. The molecule has 0 aliphatic rings. The molecule has 106 valence electrons. The standard InChI is InChI=1S/C14H16N2O4/c1-9-2-3-10(4-5-13(18)19)8-11(9)14(20)16-7-6-12(15)17/h2-5,8H,6-7H2,1H3,(H2,15,17)(H,16,20)(H,18,19). The van der Waals surface area contributed by atoms with Crippen molar-refractivity contribution < 1.29 is 19.5 Å². The smallest absolute Gasteiger partial charge is 0.328 e. The van der Waals surface area contributed by atoms with E-state index in [1.54, 1.807) is 25.1 Å². The van der Waals surface area contributed by atoms with Crippen LogP contribution in [0, 0.1) is 6.92 Å². The zero-order valence-corrected chi connectivity index (χ0v) is 11.1. The van der Waals surface area contributed by atoms with Gasteiger partial charge in [-0.15, -0.1) is 0 Å².